The fraction of sp³-hybridized carbons (Fsp3) is 0.182. The Morgan fingerprint density at radius 3 is 2.24 bits per heavy atom. The smallest absolute Gasteiger partial charge is 0.0864 e. The largest absolute Gasteiger partial charge is 0.249 e. The van der Waals surface area contributed by atoms with Crippen LogP contribution in [0.1, 0.15) is 30.9 Å². The molecule has 3 aromatic carbocycles. The van der Waals surface area contributed by atoms with Gasteiger partial charge in [-0.05, 0) is 54.3 Å². The van der Waals surface area contributed by atoms with Gasteiger partial charge in [-0.3, -0.25) is 0 Å². The maximum absolute atomic E-state index is 13.4. The number of hydrogen-bond acceptors (Lipinski definition) is 2. The highest BCUT2D eigenvalue weighted by molar-refractivity contribution is 8.00. The lowest BCUT2D eigenvalue weighted by Gasteiger charge is -2.15. The first-order valence-corrected chi connectivity index (χ1v) is 10.4. The van der Waals surface area contributed by atoms with Gasteiger partial charge in [0, 0.05) is 14.7 Å². The molecule has 0 amide bonds. The van der Waals surface area contributed by atoms with E-state index in [4.69, 9.17) is 0 Å². The van der Waals surface area contributed by atoms with Crippen molar-refractivity contribution < 1.29 is 4.21 Å². The first-order chi connectivity index (χ1) is 12.1. The molecule has 0 aliphatic carbocycles. The molecule has 0 spiro atoms. The van der Waals surface area contributed by atoms with E-state index in [-0.39, 0.29) is 0 Å². The molecule has 128 valence electrons. The van der Waals surface area contributed by atoms with Gasteiger partial charge in [-0.1, -0.05) is 68.1 Å². The molecule has 0 radical (unpaired) electrons. The van der Waals surface area contributed by atoms with Crippen LogP contribution >= 0.6 is 11.8 Å². The lowest BCUT2D eigenvalue weighted by atomic mass is 10.0. The zero-order valence-electron chi connectivity index (χ0n) is 14.7. The van der Waals surface area contributed by atoms with Crippen LogP contribution in [0.5, 0.6) is 0 Å². The number of hydrogen-bond donors (Lipinski definition) is 0. The summed E-state index contributed by atoms with van der Waals surface area (Å²) in [6.07, 6.45) is 0. The van der Waals surface area contributed by atoms with E-state index in [2.05, 4.69) is 57.2 Å². The molecular weight excluding hydrogens is 344 g/mol. The molecular formula is C22H22OS2. The predicted molar refractivity (Wildman–Crippen MR) is 107 cm³/mol. The van der Waals surface area contributed by atoms with Crippen LogP contribution in [0.4, 0.5) is 0 Å². The van der Waals surface area contributed by atoms with Crippen molar-refractivity contribution in [2.45, 2.75) is 46.3 Å². The van der Waals surface area contributed by atoms with E-state index in [0.29, 0.717) is 5.92 Å². The third-order valence-electron chi connectivity index (χ3n) is 4.01. The highest BCUT2D eigenvalue weighted by Crippen LogP contribution is 2.35. The summed E-state index contributed by atoms with van der Waals surface area (Å²) in [7, 11) is -1.20. The van der Waals surface area contributed by atoms with Crippen LogP contribution in [0.2, 0.25) is 0 Å². The number of benzene rings is 3. The SMILES string of the molecule is Cc1ccc(C(C)C)c(S(=O)c2ccccc2Sc2ccccc2)c1. The Bertz CT molecular complexity index is 886. The molecule has 0 heterocycles. The molecule has 0 aliphatic rings. The molecule has 0 saturated heterocycles. The minimum absolute atomic E-state index is 0.341. The monoisotopic (exact) mass is 366 g/mol. The molecule has 1 atom stereocenters. The molecule has 3 heteroatoms. The van der Waals surface area contributed by atoms with E-state index >= 15 is 0 Å². The summed E-state index contributed by atoms with van der Waals surface area (Å²) in [5.41, 5.74) is 2.30. The van der Waals surface area contributed by atoms with Gasteiger partial charge >= 0.3 is 0 Å². The van der Waals surface area contributed by atoms with Gasteiger partial charge in [0.1, 0.15) is 0 Å². The Morgan fingerprint density at radius 1 is 0.840 bits per heavy atom. The predicted octanol–water partition coefficient (Wildman–Crippen LogP) is 6.44. The summed E-state index contributed by atoms with van der Waals surface area (Å²) in [6, 6.07) is 24.5. The van der Waals surface area contributed by atoms with Crippen LogP contribution < -0.4 is 0 Å². The van der Waals surface area contributed by atoms with Gasteiger partial charge in [0.25, 0.3) is 0 Å². The molecule has 3 rings (SSSR count). The van der Waals surface area contributed by atoms with Gasteiger partial charge in [-0.2, -0.15) is 0 Å². The molecule has 3 aromatic rings. The molecule has 1 unspecified atom stereocenters. The highest BCUT2D eigenvalue weighted by atomic mass is 32.2. The van der Waals surface area contributed by atoms with Crippen molar-refractivity contribution in [3.05, 3.63) is 83.9 Å². The van der Waals surface area contributed by atoms with Crippen LogP contribution in [-0.4, -0.2) is 4.21 Å². The van der Waals surface area contributed by atoms with Crippen molar-refractivity contribution in [3.8, 4) is 0 Å². The fourth-order valence-electron chi connectivity index (χ4n) is 2.70. The van der Waals surface area contributed by atoms with E-state index < -0.39 is 10.8 Å². The fourth-order valence-corrected chi connectivity index (χ4v) is 5.42. The van der Waals surface area contributed by atoms with Gasteiger partial charge in [0.15, 0.2) is 0 Å². The van der Waals surface area contributed by atoms with Crippen molar-refractivity contribution in [2.75, 3.05) is 0 Å². The van der Waals surface area contributed by atoms with Crippen molar-refractivity contribution in [2.24, 2.45) is 0 Å². The molecule has 0 fully saturated rings. The molecule has 0 aliphatic heterocycles. The van der Waals surface area contributed by atoms with Crippen molar-refractivity contribution in [3.63, 3.8) is 0 Å². The van der Waals surface area contributed by atoms with Crippen LogP contribution in [0.25, 0.3) is 0 Å². The second-order valence-corrected chi connectivity index (χ2v) is 8.86. The summed E-state index contributed by atoms with van der Waals surface area (Å²) < 4.78 is 13.4. The topological polar surface area (TPSA) is 17.1 Å². The Balaban J connectivity index is 2.03. The summed E-state index contributed by atoms with van der Waals surface area (Å²) in [5.74, 6) is 0.341. The lowest BCUT2D eigenvalue weighted by Crippen LogP contribution is -2.02. The highest BCUT2D eigenvalue weighted by Gasteiger charge is 2.17. The molecule has 0 saturated carbocycles. The van der Waals surface area contributed by atoms with Gasteiger partial charge in [-0.25, -0.2) is 4.21 Å². The van der Waals surface area contributed by atoms with E-state index in [0.717, 1.165) is 30.7 Å². The van der Waals surface area contributed by atoms with Crippen LogP contribution in [0.15, 0.2) is 92.4 Å². The number of aryl methyl sites for hydroxylation is 1. The molecule has 25 heavy (non-hydrogen) atoms. The zero-order valence-corrected chi connectivity index (χ0v) is 16.4. The zero-order chi connectivity index (χ0) is 17.8. The second-order valence-electron chi connectivity index (χ2n) is 6.33. The minimum Gasteiger partial charge on any atom is -0.249 e. The van der Waals surface area contributed by atoms with Gasteiger partial charge in [0.05, 0.1) is 15.7 Å². The standard InChI is InChI=1S/C22H22OS2/c1-16(2)19-14-13-17(3)15-22(19)25(23)21-12-8-7-11-20(21)24-18-9-5-4-6-10-18/h4-16H,1-3H3. The van der Waals surface area contributed by atoms with Crippen molar-refractivity contribution in [1.29, 1.82) is 0 Å². The van der Waals surface area contributed by atoms with Crippen molar-refractivity contribution in [1.82, 2.24) is 0 Å². The first-order valence-electron chi connectivity index (χ1n) is 8.40. The lowest BCUT2D eigenvalue weighted by molar-refractivity contribution is 0.679. The molecule has 0 N–H and O–H groups in total. The van der Waals surface area contributed by atoms with Crippen molar-refractivity contribution >= 4 is 22.6 Å². The minimum atomic E-state index is -1.20. The van der Waals surface area contributed by atoms with Crippen LogP contribution in [0, 0.1) is 6.92 Å². The number of rotatable bonds is 5. The Labute approximate surface area is 157 Å². The third-order valence-corrected chi connectivity index (χ3v) is 6.73. The third kappa shape index (κ3) is 4.23. The molecule has 1 nitrogen and oxygen atoms in total. The maximum Gasteiger partial charge on any atom is 0.0864 e. The Morgan fingerprint density at radius 2 is 1.52 bits per heavy atom. The van der Waals surface area contributed by atoms with Gasteiger partial charge < -0.3 is 0 Å². The summed E-state index contributed by atoms with van der Waals surface area (Å²) in [6.45, 7) is 6.35. The van der Waals surface area contributed by atoms with Gasteiger partial charge in [-0.15, -0.1) is 0 Å². The summed E-state index contributed by atoms with van der Waals surface area (Å²) in [5, 5.41) is 0. The van der Waals surface area contributed by atoms with E-state index in [1.165, 1.54) is 0 Å². The quantitative estimate of drug-likeness (QED) is 0.517. The van der Waals surface area contributed by atoms with Crippen LogP contribution in [-0.2, 0) is 10.8 Å². The van der Waals surface area contributed by atoms with E-state index in [1.54, 1.807) is 11.8 Å². The van der Waals surface area contributed by atoms with E-state index in [1.807, 2.05) is 36.4 Å². The van der Waals surface area contributed by atoms with Gasteiger partial charge in [0.2, 0.25) is 0 Å². The normalized spacial score (nSPS) is 12.3. The Kier molecular flexibility index (Phi) is 5.77. The second kappa shape index (κ2) is 8.03. The summed E-state index contributed by atoms with van der Waals surface area (Å²) in [4.78, 5) is 4.00. The summed E-state index contributed by atoms with van der Waals surface area (Å²) >= 11 is 1.66. The van der Waals surface area contributed by atoms with Crippen LogP contribution in [0.3, 0.4) is 0 Å². The molecule has 0 aromatic heterocycles. The van der Waals surface area contributed by atoms with E-state index in [9.17, 15) is 4.21 Å². The maximum atomic E-state index is 13.4. The average molecular weight is 367 g/mol. The average Bonchev–Trinajstić information content (AvgIpc) is 2.62. The Hall–Kier alpha value is -1.84. The molecule has 0 bridgehead atoms. The first kappa shape index (κ1) is 18.0.